The van der Waals surface area contributed by atoms with Crippen molar-refractivity contribution in [3.63, 3.8) is 0 Å². The summed E-state index contributed by atoms with van der Waals surface area (Å²) in [6, 6.07) is 0.643. The van der Waals surface area contributed by atoms with Gasteiger partial charge in [0.15, 0.2) is 5.96 Å². The van der Waals surface area contributed by atoms with E-state index in [1.807, 2.05) is 11.7 Å². The zero-order valence-electron chi connectivity index (χ0n) is 17.7. The van der Waals surface area contributed by atoms with Gasteiger partial charge in [-0.25, -0.2) is 4.99 Å². The van der Waals surface area contributed by atoms with Gasteiger partial charge in [-0.1, -0.05) is 20.8 Å². The van der Waals surface area contributed by atoms with Crippen LogP contribution in [0.15, 0.2) is 4.99 Å². The van der Waals surface area contributed by atoms with Crippen LogP contribution in [0, 0.1) is 0 Å². The lowest BCUT2D eigenvalue weighted by Gasteiger charge is -2.29. The highest BCUT2D eigenvalue weighted by Crippen LogP contribution is 2.18. The molecule has 6 nitrogen and oxygen atoms in total. The fourth-order valence-corrected chi connectivity index (χ4v) is 4.12. The maximum atomic E-state index is 4.97. The van der Waals surface area contributed by atoms with Gasteiger partial charge in [0.25, 0.3) is 0 Å². The van der Waals surface area contributed by atoms with E-state index in [4.69, 9.17) is 4.99 Å². The van der Waals surface area contributed by atoms with Crippen LogP contribution in [0.3, 0.4) is 0 Å². The Hall–Kier alpha value is -1.56. The Bertz CT molecular complexity index is 591. The maximum absolute atomic E-state index is 4.97. The summed E-state index contributed by atoms with van der Waals surface area (Å²) in [5, 5.41) is 8.15. The number of guanidine groups is 1. The molecule has 26 heavy (non-hydrogen) atoms. The van der Waals surface area contributed by atoms with Crippen LogP contribution in [-0.4, -0.2) is 64.8 Å². The van der Waals surface area contributed by atoms with Gasteiger partial charge < -0.3 is 10.2 Å². The third-order valence-electron chi connectivity index (χ3n) is 5.50. The van der Waals surface area contributed by atoms with Crippen LogP contribution in [0.1, 0.15) is 57.5 Å². The molecule has 1 aliphatic heterocycles. The molecule has 148 valence electrons. The number of likely N-dealkylation sites (N-methyl/N-ethyl adjacent to an activating group) is 2. The largest absolute Gasteiger partial charge is 0.357 e. The van der Waals surface area contributed by atoms with Crippen LogP contribution in [0.4, 0.5) is 0 Å². The molecule has 1 atom stereocenters. The summed E-state index contributed by atoms with van der Waals surface area (Å²) in [4.78, 5) is 9.86. The normalized spacial score (nSPS) is 18.5. The number of nitrogens with one attached hydrogen (secondary N) is 1. The molecule has 1 unspecified atom stereocenters. The van der Waals surface area contributed by atoms with Gasteiger partial charge in [0, 0.05) is 44.5 Å². The fraction of sp³-hybridized carbons (Fsp3) is 0.800. The van der Waals surface area contributed by atoms with Crippen molar-refractivity contribution in [3.8, 4) is 0 Å². The summed E-state index contributed by atoms with van der Waals surface area (Å²) in [5.41, 5.74) is 3.79. The van der Waals surface area contributed by atoms with Gasteiger partial charge in [-0.05, 0) is 45.7 Å². The van der Waals surface area contributed by atoms with E-state index in [-0.39, 0.29) is 0 Å². The zero-order valence-corrected chi connectivity index (χ0v) is 17.7. The second-order valence-electron chi connectivity index (χ2n) is 7.18. The minimum absolute atomic E-state index is 0.643. The van der Waals surface area contributed by atoms with Gasteiger partial charge in [-0.3, -0.25) is 9.58 Å². The summed E-state index contributed by atoms with van der Waals surface area (Å²) >= 11 is 0. The molecule has 1 aliphatic rings. The lowest BCUT2D eigenvalue weighted by atomic mass is 10.1. The molecule has 0 radical (unpaired) electrons. The Balaban J connectivity index is 2.13. The standard InChI is InChI=1S/C20H38N6/c1-7-18-17(19(8-2)25(6)23-18)14-22-20(21-9-3)24(5)15-16-12-11-13-26(16)10-4/h16H,7-15H2,1-6H3,(H,21,22). The molecular weight excluding hydrogens is 324 g/mol. The topological polar surface area (TPSA) is 48.7 Å². The monoisotopic (exact) mass is 362 g/mol. The van der Waals surface area contributed by atoms with E-state index >= 15 is 0 Å². The summed E-state index contributed by atoms with van der Waals surface area (Å²) in [5.74, 6) is 1.00. The average Bonchev–Trinajstić information content (AvgIpc) is 3.21. The molecule has 1 aromatic rings. The van der Waals surface area contributed by atoms with Crippen LogP contribution < -0.4 is 5.32 Å². The van der Waals surface area contributed by atoms with E-state index in [9.17, 15) is 0 Å². The Morgan fingerprint density at radius 2 is 2.04 bits per heavy atom. The van der Waals surface area contributed by atoms with Crippen molar-refractivity contribution < 1.29 is 0 Å². The number of aryl methyl sites for hydroxylation is 2. The average molecular weight is 363 g/mol. The highest BCUT2D eigenvalue weighted by atomic mass is 15.3. The van der Waals surface area contributed by atoms with Crippen LogP contribution in [0.2, 0.25) is 0 Å². The number of likely N-dealkylation sites (tertiary alicyclic amines) is 1. The molecule has 2 heterocycles. The first kappa shape index (κ1) is 20.7. The molecule has 1 saturated heterocycles. The first-order chi connectivity index (χ1) is 12.5. The van der Waals surface area contributed by atoms with Crippen molar-refractivity contribution in [2.24, 2.45) is 12.0 Å². The number of hydrogen-bond donors (Lipinski definition) is 1. The molecule has 0 spiro atoms. The number of aromatic nitrogens is 2. The molecule has 6 heteroatoms. The van der Waals surface area contributed by atoms with Crippen molar-refractivity contribution in [1.29, 1.82) is 0 Å². The summed E-state index contributed by atoms with van der Waals surface area (Å²) < 4.78 is 2.03. The zero-order chi connectivity index (χ0) is 19.1. The predicted molar refractivity (Wildman–Crippen MR) is 110 cm³/mol. The molecule has 2 rings (SSSR count). The fourth-order valence-electron chi connectivity index (χ4n) is 4.12. The lowest BCUT2D eigenvalue weighted by molar-refractivity contribution is 0.232. The number of aliphatic imine (C=N–C) groups is 1. The van der Waals surface area contributed by atoms with E-state index in [2.05, 4.69) is 55.0 Å². The van der Waals surface area contributed by atoms with Crippen molar-refractivity contribution in [3.05, 3.63) is 17.0 Å². The van der Waals surface area contributed by atoms with Gasteiger partial charge in [0.1, 0.15) is 0 Å². The van der Waals surface area contributed by atoms with Crippen molar-refractivity contribution in [2.45, 2.75) is 66.0 Å². The number of nitrogens with zero attached hydrogens (tertiary/aromatic N) is 5. The predicted octanol–water partition coefficient (Wildman–Crippen LogP) is 2.43. The summed E-state index contributed by atoms with van der Waals surface area (Å²) in [6.07, 6.45) is 4.56. The Morgan fingerprint density at radius 3 is 2.65 bits per heavy atom. The lowest BCUT2D eigenvalue weighted by Crippen LogP contribution is -2.45. The van der Waals surface area contributed by atoms with Crippen LogP contribution >= 0.6 is 0 Å². The second-order valence-corrected chi connectivity index (χ2v) is 7.18. The van der Waals surface area contributed by atoms with Gasteiger partial charge in [-0.15, -0.1) is 0 Å². The first-order valence-corrected chi connectivity index (χ1v) is 10.3. The molecule has 0 saturated carbocycles. The third kappa shape index (κ3) is 4.78. The molecule has 0 amide bonds. The quantitative estimate of drug-likeness (QED) is 0.570. The second kappa shape index (κ2) is 9.95. The Labute approximate surface area is 159 Å². The molecule has 0 aromatic carbocycles. The van der Waals surface area contributed by atoms with E-state index in [0.29, 0.717) is 12.6 Å². The van der Waals surface area contributed by atoms with Gasteiger partial charge in [0.2, 0.25) is 0 Å². The number of hydrogen-bond acceptors (Lipinski definition) is 3. The summed E-state index contributed by atoms with van der Waals surface area (Å²) in [6.45, 7) is 13.8. The highest BCUT2D eigenvalue weighted by Gasteiger charge is 2.25. The molecule has 1 aromatic heterocycles. The molecular formula is C20H38N6. The van der Waals surface area contributed by atoms with Crippen LogP contribution in [0.25, 0.3) is 0 Å². The number of rotatable bonds is 8. The van der Waals surface area contributed by atoms with Crippen molar-refractivity contribution in [2.75, 3.05) is 33.2 Å². The maximum Gasteiger partial charge on any atom is 0.194 e. The SMILES string of the molecule is CCNC(=NCc1c(CC)nn(C)c1CC)N(C)CC1CCCN1CC. The Morgan fingerprint density at radius 1 is 1.27 bits per heavy atom. The van der Waals surface area contributed by atoms with E-state index in [1.54, 1.807) is 0 Å². The van der Waals surface area contributed by atoms with E-state index in [1.165, 1.54) is 36.3 Å². The van der Waals surface area contributed by atoms with Crippen molar-refractivity contribution >= 4 is 5.96 Å². The molecule has 0 bridgehead atoms. The van der Waals surface area contributed by atoms with Crippen LogP contribution in [0.5, 0.6) is 0 Å². The smallest absolute Gasteiger partial charge is 0.194 e. The van der Waals surface area contributed by atoms with Crippen LogP contribution in [-0.2, 0) is 26.4 Å². The Kier molecular flexibility index (Phi) is 7.94. The minimum atomic E-state index is 0.643. The van der Waals surface area contributed by atoms with Gasteiger partial charge >= 0.3 is 0 Å². The van der Waals surface area contributed by atoms with Gasteiger partial charge in [-0.2, -0.15) is 5.10 Å². The molecule has 1 N–H and O–H groups in total. The first-order valence-electron chi connectivity index (χ1n) is 10.3. The summed E-state index contributed by atoms with van der Waals surface area (Å²) in [7, 11) is 4.21. The minimum Gasteiger partial charge on any atom is -0.357 e. The van der Waals surface area contributed by atoms with Crippen molar-refractivity contribution in [1.82, 2.24) is 24.9 Å². The highest BCUT2D eigenvalue weighted by molar-refractivity contribution is 5.79. The molecule has 1 fully saturated rings. The van der Waals surface area contributed by atoms with E-state index in [0.717, 1.165) is 38.4 Å². The molecule has 0 aliphatic carbocycles. The third-order valence-corrected chi connectivity index (χ3v) is 5.50. The van der Waals surface area contributed by atoms with E-state index < -0.39 is 0 Å². The van der Waals surface area contributed by atoms with Gasteiger partial charge in [0.05, 0.1) is 12.2 Å².